The summed E-state index contributed by atoms with van der Waals surface area (Å²) >= 11 is 0. The molecule has 0 nitrogen and oxygen atoms in total. The number of rotatable bonds is 0. The highest BCUT2D eigenvalue weighted by Gasteiger charge is 1.86. The van der Waals surface area contributed by atoms with Crippen LogP contribution in [0.2, 0.25) is 0 Å². The van der Waals surface area contributed by atoms with Crippen molar-refractivity contribution >= 4 is 0 Å². The van der Waals surface area contributed by atoms with Crippen molar-refractivity contribution in [3.05, 3.63) is 6.42 Å². The van der Waals surface area contributed by atoms with Gasteiger partial charge in [0, 0.05) is 0 Å². The average Bonchev–Trinajstić information content (AvgIpc) is 1.72. The molecule has 1 aliphatic rings. The van der Waals surface area contributed by atoms with Gasteiger partial charge >= 0.3 is 0 Å². The summed E-state index contributed by atoms with van der Waals surface area (Å²) in [4.78, 5) is 0. The van der Waals surface area contributed by atoms with Gasteiger partial charge in [-0.05, 0) is 0 Å². The minimum atomic E-state index is 1.38. The third kappa shape index (κ3) is 1.00. The monoisotopic (exact) mass is 83.1 g/mol. The van der Waals surface area contributed by atoms with E-state index in [0.29, 0.717) is 0 Å². The molecule has 0 saturated heterocycles. The Kier molecular flexibility index (Phi) is 1.54. The highest BCUT2D eigenvalue weighted by Crippen LogP contribution is 2.14. The maximum Gasteiger partial charge on any atom is -0.0582 e. The molecule has 0 aliphatic heterocycles. The molecule has 0 unspecified atom stereocenters. The molecular formula is C6H11-. The SMILES string of the molecule is [CH-]1CCCCC1. The van der Waals surface area contributed by atoms with Crippen molar-refractivity contribution in [3.63, 3.8) is 0 Å². The normalized spacial score (nSPS) is 24.0. The fraction of sp³-hybridized carbons (Fsp3) is 0.833. The summed E-state index contributed by atoms with van der Waals surface area (Å²) in [5.41, 5.74) is 0. The lowest BCUT2D eigenvalue weighted by molar-refractivity contribution is 0.593. The summed E-state index contributed by atoms with van der Waals surface area (Å²) in [6, 6.07) is 0. The predicted octanol–water partition coefficient (Wildman–Crippen LogP) is 2.15. The van der Waals surface area contributed by atoms with Gasteiger partial charge in [-0.3, -0.25) is 0 Å². The van der Waals surface area contributed by atoms with Crippen LogP contribution >= 0.6 is 0 Å². The molecule has 0 atom stereocenters. The number of hydrogen-bond donors (Lipinski definition) is 0. The maximum absolute atomic E-state index is 2.39. The van der Waals surface area contributed by atoms with E-state index < -0.39 is 0 Å². The molecule has 6 heavy (non-hydrogen) atoms. The van der Waals surface area contributed by atoms with Gasteiger partial charge in [-0.2, -0.15) is 12.8 Å². The largest absolute Gasteiger partial charge is 0.328 e. The van der Waals surface area contributed by atoms with Crippen molar-refractivity contribution in [3.8, 4) is 0 Å². The first-order chi connectivity index (χ1) is 3.00. The molecule has 1 fully saturated rings. The molecule has 0 aromatic carbocycles. The second-order valence-electron chi connectivity index (χ2n) is 1.93. The Labute approximate surface area is 39.6 Å². The maximum atomic E-state index is 2.39. The Morgan fingerprint density at radius 1 is 0.833 bits per heavy atom. The van der Waals surface area contributed by atoms with Crippen LogP contribution in [-0.2, 0) is 0 Å². The second-order valence-corrected chi connectivity index (χ2v) is 1.93. The van der Waals surface area contributed by atoms with Gasteiger partial charge in [0.15, 0.2) is 0 Å². The van der Waals surface area contributed by atoms with Gasteiger partial charge in [-0.1, -0.05) is 19.3 Å². The molecule has 0 bridgehead atoms. The topological polar surface area (TPSA) is 0 Å². The third-order valence-corrected chi connectivity index (χ3v) is 1.32. The zero-order valence-electron chi connectivity index (χ0n) is 4.11. The van der Waals surface area contributed by atoms with Crippen LogP contribution in [-0.4, -0.2) is 0 Å². The molecule has 0 heteroatoms. The van der Waals surface area contributed by atoms with E-state index in [0.717, 1.165) is 0 Å². The molecule has 0 aromatic heterocycles. The van der Waals surface area contributed by atoms with Crippen LogP contribution in [0, 0.1) is 6.42 Å². The summed E-state index contributed by atoms with van der Waals surface area (Å²) in [5, 5.41) is 0. The molecule has 0 heterocycles. The Morgan fingerprint density at radius 3 is 1.67 bits per heavy atom. The van der Waals surface area contributed by atoms with E-state index in [1.165, 1.54) is 32.1 Å². The first kappa shape index (κ1) is 4.17. The predicted molar refractivity (Wildman–Crippen MR) is 27.4 cm³/mol. The minimum absolute atomic E-state index is 1.38. The van der Waals surface area contributed by atoms with Crippen molar-refractivity contribution in [1.29, 1.82) is 0 Å². The van der Waals surface area contributed by atoms with E-state index in [4.69, 9.17) is 0 Å². The van der Waals surface area contributed by atoms with Crippen molar-refractivity contribution in [2.75, 3.05) is 0 Å². The highest BCUT2D eigenvalue weighted by molar-refractivity contribution is 4.69. The Balaban J connectivity index is 2.00. The first-order valence-electron chi connectivity index (χ1n) is 2.82. The average molecular weight is 83.2 g/mol. The van der Waals surface area contributed by atoms with Crippen molar-refractivity contribution in [1.82, 2.24) is 0 Å². The Hall–Kier alpha value is 0. The van der Waals surface area contributed by atoms with Crippen LogP contribution in [0.5, 0.6) is 0 Å². The lowest BCUT2D eigenvalue weighted by atomic mass is 10.0. The summed E-state index contributed by atoms with van der Waals surface area (Å²) in [7, 11) is 0. The molecule has 0 aromatic rings. The molecule has 0 N–H and O–H groups in total. The van der Waals surface area contributed by atoms with Gasteiger partial charge in [0.1, 0.15) is 0 Å². The van der Waals surface area contributed by atoms with Crippen molar-refractivity contribution in [2.45, 2.75) is 32.1 Å². The molecule has 1 rings (SSSR count). The zero-order chi connectivity index (χ0) is 4.24. The van der Waals surface area contributed by atoms with E-state index in [1.54, 1.807) is 0 Å². The van der Waals surface area contributed by atoms with Crippen LogP contribution in [0.1, 0.15) is 32.1 Å². The summed E-state index contributed by atoms with van der Waals surface area (Å²) in [6.07, 6.45) is 9.50. The lowest BCUT2D eigenvalue weighted by Crippen LogP contribution is -1.87. The van der Waals surface area contributed by atoms with Crippen LogP contribution in [0.25, 0.3) is 0 Å². The van der Waals surface area contributed by atoms with Crippen LogP contribution in [0.3, 0.4) is 0 Å². The van der Waals surface area contributed by atoms with Crippen LogP contribution in [0.15, 0.2) is 0 Å². The Morgan fingerprint density at radius 2 is 1.50 bits per heavy atom. The summed E-state index contributed by atoms with van der Waals surface area (Å²) in [5.74, 6) is 0. The molecule has 1 saturated carbocycles. The van der Waals surface area contributed by atoms with E-state index in [9.17, 15) is 0 Å². The molecule has 1 aliphatic carbocycles. The van der Waals surface area contributed by atoms with E-state index in [1.807, 2.05) is 0 Å². The third-order valence-electron chi connectivity index (χ3n) is 1.32. The first-order valence-corrected chi connectivity index (χ1v) is 2.82. The minimum Gasteiger partial charge on any atom is -0.328 e. The summed E-state index contributed by atoms with van der Waals surface area (Å²) in [6.45, 7) is 0. The van der Waals surface area contributed by atoms with Gasteiger partial charge in [-0.25, -0.2) is 0 Å². The molecule has 0 amide bonds. The number of hydrogen-bond acceptors (Lipinski definition) is 0. The molecule has 36 valence electrons. The van der Waals surface area contributed by atoms with Gasteiger partial charge in [0.05, 0.1) is 0 Å². The fourth-order valence-electron chi connectivity index (χ4n) is 0.898. The highest BCUT2D eigenvalue weighted by atomic mass is 14.0. The smallest absolute Gasteiger partial charge is 0.0582 e. The quantitative estimate of drug-likeness (QED) is 0.394. The molecule has 0 radical (unpaired) electrons. The fourth-order valence-corrected chi connectivity index (χ4v) is 0.898. The van der Waals surface area contributed by atoms with Crippen LogP contribution in [0.4, 0.5) is 0 Å². The zero-order valence-corrected chi connectivity index (χ0v) is 4.11. The van der Waals surface area contributed by atoms with Crippen molar-refractivity contribution < 1.29 is 0 Å². The van der Waals surface area contributed by atoms with E-state index in [2.05, 4.69) is 6.42 Å². The molecule has 0 spiro atoms. The van der Waals surface area contributed by atoms with Gasteiger partial charge < -0.3 is 6.42 Å². The van der Waals surface area contributed by atoms with Crippen molar-refractivity contribution in [2.24, 2.45) is 0 Å². The van der Waals surface area contributed by atoms with Gasteiger partial charge in [-0.15, -0.1) is 0 Å². The Bertz CT molecular complexity index is 15.5. The van der Waals surface area contributed by atoms with Gasteiger partial charge in [0.25, 0.3) is 0 Å². The van der Waals surface area contributed by atoms with E-state index >= 15 is 0 Å². The van der Waals surface area contributed by atoms with E-state index in [-0.39, 0.29) is 0 Å². The standard InChI is InChI=1S/C6H11/c1-2-4-6-5-3-1/h1H,2-6H2/q-1. The van der Waals surface area contributed by atoms with Gasteiger partial charge in [0.2, 0.25) is 0 Å². The van der Waals surface area contributed by atoms with Crippen LogP contribution < -0.4 is 0 Å². The molecular weight excluding hydrogens is 72.1 g/mol. The second kappa shape index (κ2) is 2.22. The lowest BCUT2D eigenvalue weighted by Gasteiger charge is -2.16. The summed E-state index contributed by atoms with van der Waals surface area (Å²) < 4.78 is 0.